The lowest BCUT2D eigenvalue weighted by Gasteiger charge is -2.17. The number of aromatic amines is 1. The Hall–Kier alpha value is -2.57. The van der Waals surface area contributed by atoms with Crippen molar-refractivity contribution in [2.24, 2.45) is 5.92 Å². The maximum atomic E-state index is 12.2. The van der Waals surface area contributed by atoms with E-state index >= 15 is 0 Å². The first-order chi connectivity index (χ1) is 10.6. The van der Waals surface area contributed by atoms with E-state index in [1.54, 1.807) is 6.07 Å². The third kappa shape index (κ3) is 2.09. The van der Waals surface area contributed by atoms with E-state index in [-0.39, 0.29) is 23.0 Å². The minimum atomic E-state index is -0.438. The number of benzene rings is 1. The Bertz CT molecular complexity index is 825. The highest BCUT2D eigenvalue weighted by atomic mass is 16.6. The van der Waals surface area contributed by atoms with Crippen LogP contribution in [-0.2, 0) is 0 Å². The van der Waals surface area contributed by atoms with E-state index in [1.165, 1.54) is 25.0 Å². The van der Waals surface area contributed by atoms with E-state index in [0.29, 0.717) is 29.1 Å². The van der Waals surface area contributed by atoms with Gasteiger partial charge in [-0.2, -0.15) is 0 Å². The Balaban J connectivity index is 1.93. The molecule has 114 valence electrons. The van der Waals surface area contributed by atoms with E-state index < -0.39 is 4.92 Å². The van der Waals surface area contributed by atoms with Crippen molar-refractivity contribution in [1.82, 2.24) is 4.98 Å². The fourth-order valence-corrected chi connectivity index (χ4v) is 3.06. The molecular weight excluding hydrogens is 286 g/mol. The average Bonchev–Trinajstić information content (AvgIpc) is 3.32. The van der Waals surface area contributed by atoms with Crippen molar-refractivity contribution >= 4 is 22.3 Å². The minimum Gasteiger partial charge on any atom is -0.486 e. The Morgan fingerprint density at radius 1 is 1.27 bits per heavy atom. The molecule has 1 atom stereocenters. The molecule has 0 radical (unpaired) electrons. The summed E-state index contributed by atoms with van der Waals surface area (Å²) >= 11 is 0. The SMILES string of the molecule is O=c1[nH]c2ccc([N+](=O)[O-])cc2c2c1OCCC(C1CC1)N2. The number of aromatic nitrogens is 1. The highest BCUT2D eigenvalue weighted by Crippen LogP contribution is 2.40. The molecule has 1 aromatic carbocycles. The molecule has 1 aliphatic carbocycles. The van der Waals surface area contributed by atoms with Crippen LogP contribution in [0, 0.1) is 16.0 Å². The van der Waals surface area contributed by atoms with Gasteiger partial charge in [0.2, 0.25) is 5.75 Å². The molecule has 0 spiro atoms. The lowest BCUT2D eigenvalue weighted by atomic mass is 10.1. The number of pyridine rings is 1. The van der Waals surface area contributed by atoms with Crippen LogP contribution in [0.1, 0.15) is 19.3 Å². The van der Waals surface area contributed by atoms with Crippen LogP contribution in [0.25, 0.3) is 10.9 Å². The topological polar surface area (TPSA) is 97.3 Å². The first kappa shape index (κ1) is 13.1. The van der Waals surface area contributed by atoms with Gasteiger partial charge < -0.3 is 15.0 Å². The molecule has 4 rings (SSSR count). The molecule has 0 bridgehead atoms. The van der Waals surface area contributed by atoms with E-state index in [9.17, 15) is 14.9 Å². The smallest absolute Gasteiger partial charge is 0.292 e. The standard InChI is InChI=1S/C15H15N3O4/c19-15-14-13(16-11(5-6-22-14)8-1-2-8)10-7-9(18(20)21)3-4-12(10)17-15/h3-4,7-8,11,16H,1-2,5-6H2,(H,17,19). The van der Waals surface area contributed by atoms with Crippen LogP contribution in [0.3, 0.4) is 0 Å². The van der Waals surface area contributed by atoms with Crippen molar-refractivity contribution in [2.45, 2.75) is 25.3 Å². The quantitative estimate of drug-likeness (QED) is 0.655. The van der Waals surface area contributed by atoms with Crippen LogP contribution in [0.15, 0.2) is 23.0 Å². The Morgan fingerprint density at radius 2 is 2.09 bits per heavy atom. The molecule has 22 heavy (non-hydrogen) atoms. The fraction of sp³-hybridized carbons (Fsp3) is 0.400. The summed E-state index contributed by atoms with van der Waals surface area (Å²) in [6, 6.07) is 4.69. The van der Waals surface area contributed by atoms with Gasteiger partial charge in [0.15, 0.2) is 0 Å². The summed E-state index contributed by atoms with van der Waals surface area (Å²) in [6.07, 6.45) is 3.18. The maximum Gasteiger partial charge on any atom is 0.292 e. The average molecular weight is 301 g/mol. The van der Waals surface area contributed by atoms with Crippen molar-refractivity contribution < 1.29 is 9.66 Å². The molecule has 1 aromatic heterocycles. The largest absolute Gasteiger partial charge is 0.486 e. The van der Waals surface area contributed by atoms with Gasteiger partial charge in [0.25, 0.3) is 11.2 Å². The number of nitro groups is 1. The summed E-state index contributed by atoms with van der Waals surface area (Å²) in [7, 11) is 0. The van der Waals surface area contributed by atoms with Crippen LogP contribution < -0.4 is 15.6 Å². The van der Waals surface area contributed by atoms with Crippen LogP contribution in [0.2, 0.25) is 0 Å². The monoisotopic (exact) mass is 301 g/mol. The molecule has 1 saturated carbocycles. The summed E-state index contributed by atoms with van der Waals surface area (Å²) in [4.78, 5) is 25.5. The first-order valence-corrected chi connectivity index (χ1v) is 7.37. The minimum absolute atomic E-state index is 0.00392. The molecule has 0 amide bonds. The number of anilines is 1. The van der Waals surface area contributed by atoms with Crippen LogP contribution in [-0.4, -0.2) is 22.6 Å². The normalized spacial score (nSPS) is 20.6. The van der Waals surface area contributed by atoms with Crippen LogP contribution in [0.4, 0.5) is 11.4 Å². The van der Waals surface area contributed by atoms with Crippen molar-refractivity contribution in [2.75, 3.05) is 11.9 Å². The van der Waals surface area contributed by atoms with Crippen molar-refractivity contribution in [3.05, 3.63) is 38.7 Å². The lowest BCUT2D eigenvalue weighted by molar-refractivity contribution is -0.384. The number of non-ortho nitro benzene ring substituents is 1. The maximum absolute atomic E-state index is 12.2. The number of nitrogens with zero attached hydrogens (tertiary/aromatic N) is 1. The molecule has 7 heteroatoms. The highest BCUT2D eigenvalue weighted by molar-refractivity contribution is 5.95. The third-order valence-electron chi connectivity index (χ3n) is 4.36. The van der Waals surface area contributed by atoms with Gasteiger partial charge in [-0.1, -0.05) is 0 Å². The molecule has 7 nitrogen and oxygen atoms in total. The molecule has 1 fully saturated rings. The predicted octanol–water partition coefficient (Wildman–Crippen LogP) is 2.41. The van der Waals surface area contributed by atoms with E-state index in [1.807, 2.05) is 0 Å². The number of rotatable bonds is 2. The zero-order chi connectivity index (χ0) is 15.3. The third-order valence-corrected chi connectivity index (χ3v) is 4.36. The second kappa shape index (κ2) is 4.72. The second-order valence-corrected chi connectivity index (χ2v) is 5.87. The number of ether oxygens (including phenoxy) is 1. The van der Waals surface area contributed by atoms with Gasteiger partial charge in [-0.3, -0.25) is 14.9 Å². The van der Waals surface area contributed by atoms with E-state index in [2.05, 4.69) is 10.3 Å². The molecule has 2 aliphatic rings. The van der Waals surface area contributed by atoms with Gasteiger partial charge in [-0.25, -0.2) is 0 Å². The fourth-order valence-electron chi connectivity index (χ4n) is 3.06. The molecule has 2 N–H and O–H groups in total. The van der Waals surface area contributed by atoms with E-state index in [0.717, 1.165) is 6.42 Å². The molecule has 1 aliphatic heterocycles. The molecular formula is C15H15N3O4. The lowest BCUT2D eigenvalue weighted by Crippen LogP contribution is -2.22. The van der Waals surface area contributed by atoms with Gasteiger partial charge >= 0.3 is 0 Å². The van der Waals surface area contributed by atoms with Gasteiger partial charge in [-0.15, -0.1) is 0 Å². The summed E-state index contributed by atoms with van der Waals surface area (Å²) in [5, 5.41) is 15.0. The van der Waals surface area contributed by atoms with Crippen LogP contribution >= 0.6 is 0 Å². The predicted molar refractivity (Wildman–Crippen MR) is 81.5 cm³/mol. The molecule has 2 heterocycles. The zero-order valence-corrected chi connectivity index (χ0v) is 11.8. The summed E-state index contributed by atoms with van der Waals surface area (Å²) < 4.78 is 5.62. The van der Waals surface area contributed by atoms with Gasteiger partial charge in [-0.05, 0) is 24.8 Å². The Kier molecular flexibility index (Phi) is 2.82. The highest BCUT2D eigenvalue weighted by Gasteiger charge is 2.34. The Morgan fingerprint density at radius 3 is 2.82 bits per heavy atom. The van der Waals surface area contributed by atoms with Crippen LogP contribution in [0.5, 0.6) is 5.75 Å². The van der Waals surface area contributed by atoms with Gasteiger partial charge in [0, 0.05) is 30.0 Å². The summed E-state index contributed by atoms with van der Waals surface area (Å²) in [5.41, 5.74) is 0.842. The first-order valence-electron chi connectivity index (χ1n) is 7.37. The molecule has 1 unspecified atom stereocenters. The number of nitro benzene ring substituents is 1. The Labute approximate surface area is 125 Å². The second-order valence-electron chi connectivity index (χ2n) is 5.87. The number of hydrogen-bond donors (Lipinski definition) is 2. The number of hydrogen-bond acceptors (Lipinski definition) is 5. The number of nitrogens with one attached hydrogen (secondary N) is 2. The summed E-state index contributed by atoms with van der Waals surface area (Å²) in [6.45, 7) is 0.477. The van der Waals surface area contributed by atoms with Gasteiger partial charge in [0.1, 0.15) is 0 Å². The summed E-state index contributed by atoms with van der Waals surface area (Å²) in [5.74, 6) is 0.832. The number of H-pyrrole nitrogens is 1. The van der Waals surface area contributed by atoms with Crippen molar-refractivity contribution in [3.63, 3.8) is 0 Å². The molecule has 2 aromatic rings. The molecule has 0 saturated heterocycles. The van der Waals surface area contributed by atoms with E-state index in [4.69, 9.17) is 4.74 Å². The zero-order valence-electron chi connectivity index (χ0n) is 11.8. The number of fused-ring (bicyclic) bond motifs is 3. The van der Waals surface area contributed by atoms with Crippen molar-refractivity contribution in [1.29, 1.82) is 0 Å². The van der Waals surface area contributed by atoms with Gasteiger partial charge in [0.05, 0.1) is 22.7 Å². The van der Waals surface area contributed by atoms with Crippen molar-refractivity contribution in [3.8, 4) is 5.75 Å².